The molecule has 7 nitrogen and oxygen atoms in total. The molecule has 3 amide bonds. The molecular formula is C12H21N3O4. The number of hydrogen-bond acceptors (Lipinski definition) is 3. The number of carboxylic acids is 1. The monoisotopic (exact) mass is 271 g/mol. The lowest BCUT2D eigenvalue weighted by Gasteiger charge is -2.23. The molecular weight excluding hydrogens is 250 g/mol. The van der Waals surface area contributed by atoms with E-state index in [-0.39, 0.29) is 24.5 Å². The Morgan fingerprint density at radius 1 is 1.21 bits per heavy atom. The summed E-state index contributed by atoms with van der Waals surface area (Å²) in [5.74, 6) is -1.34. The lowest BCUT2D eigenvalue weighted by Crippen LogP contribution is -2.52. The van der Waals surface area contributed by atoms with Gasteiger partial charge in [0, 0.05) is 12.1 Å². The van der Waals surface area contributed by atoms with Crippen LogP contribution in [0.5, 0.6) is 0 Å². The van der Waals surface area contributed by atoms with Gasteiger partial charge in [-0.15, -0.1) is 0 Å². The number of carbonyl (C=O) groups is 3. The predicted octanol–water partition coefficient (Wildman–Crippen LogP) is 0.158. The van der Waals surface area contributed by atoms with Gasteiger partial charge in [-0.05, 0) is 33.6 Å². The van der Waals surface area contributed by atoms with E-state index in [4.69, 9.17) is 5.11 Å². The second-order valence-corrected chi connectivity index (χ2v) is 5.09. The van der Waals surface area contributed by atoms with Gasteiger partial charge in [-0.3, -0.25) is 9.59 Å². The van der Waals surface area contributed by atoms with Crippen LogP contribution < -0.4 is 10.6 Å². The van der Waals surface area contributed by atoms with Crippen molar-refractivity contribution in [2.45, 2.75) is 51.7 Å². The van der Waals surface area contributed by atoms with Crippen molar-refractivity contribution in [1.29, 1.82) is 0 Å². The van der Waals surface area contributed by atoms with Crippen molar-refractivity contribution < 1.29 is 19.5 Å². The molecule has 1 rings (SSSR count). The highest BCUT2D eigenvalue weighted by atomic mass is 16.4. The normalized spacial score (nSPS) is 15.8. The number of amides is 3. The molecule has 1 fully saturated rings. The van der Waals surface area contributed by atoms with E-state index in [0.717, 1.165) is 12.8 Å². The van der Waals surface area contributed by atoms with Crippen LogP contribution in [0.3, 0.4) is 0 Å². The molecule has 0 aromatic rings. The number of carboxylic acid groups (broad SMARTS) is 1. The summed E-state index contributed by atoms with van der Waals surface area (Å²) in [6, 6.07) is -1.22. The molecule has 19 heavy (non-hydrogen) atoms. The number of nitrogens with one attached hydrogen (secondary N) is 2. The van der Waals surface area contributed by atoms with Crippen LogP contribution in [0.2, 0.25) is 0 Å². The van der Waals surface area contributed by atoms with Crippen molar-refractivity contribution in [2.24, 2.45) is 0 Å². The van der Waals surface area contributed by atoms with Crippen LogP contribution in [-0.4, -0.2) is 52.6 Å². The van der Waals surface area contributed by atoms with Crippen LogP contribution in [0.1, 0.15) is 33.6 Å². The predicted molar refractivity (Wildman–Crippen MR) is 68.6 cm³/mol. The standard InChI is InChI=1S/C12H21N3O4/c1-7(2)13-11(18)8(3)14-12(19)15(6-10(16)17)9-4-5-9/h7-9H,4-6H2,1-3H3,(H,13,18)(H,14,19)(H,16,17). The summed E-state index contributed by atoms with van der Waals surface area (Å²) < 4.78 is 0. The first-order valence-corrected chi connectivity index (χ1v) is 6.40. The summed E-state index contributed by atoms with van der Waals surface area (Å²) in [6.07, 6.45) is 1.63. The highest BCUT2D eigenvalue weighted by Gasteiger charge is 2.34. The molecule has 108 valence electrons. The lowest BCUT2D eigenvalue weighted by atomic mass is 10.3. The molecule has 3 N–H and O–H groups in total. The number of nitrogens with zero attached hydrogens (tertiary/aromatic N) is 1. The Morgan fingerprint density at radius 2 is 1.79 bits per heavy atom. The van der Waals surface area contributed by atoms with Gasteiger partial charge in [-0.1, -0.05) is 0 Å². The van der Waals surface area contributed by atoms with Gasteiger partial charge in [0.05, 0.1) is 0 Å². The Balaban J connectivity index is 2.51. The van der Waals surface area contributed by atoms with Crippen LogP contribution in [0.4, 0.5) is 4.79 Å². The molecule has 1 unspecified atom stereocenters. The average Bonchev–Trinajstić information content (AvgIpc) is 3.08. The average molecular weight is 271 g/mol. The molecule has 1 aliphatic rings. The maximum Gasteiger partial charge on any atom is 0.323 e. The van der Waals surface area contributed by atoms with E-state index in [1.54, 1.807) is 6.92 Å². The summed E-state index contributed by atoms with van der Waals surface area (Å²) in [5.41, 5.74) is 0. The molecule has 0 heterocycles. The Bertz CT molecular complexity index is 366. The molecule has 0 aromatic carbocycles. The van der Waals surface area contributed by atoms with Crippen LogP contribution in [-0.2, 0) is 9.59 Å². The largest absolute Gasteiger partial charge is 0.480 e. The quantitative estimate of drug-likeness (QED) is 0.640. The maximum atomic E-state index is 11.9. The zero-order chi connectivity index (χ0) is 14.6. The van der Waals surface area contributed by atoms with Gasteiger partial charge in [0.25, 0.3) is 0 Å². The minimum absolute atomic E-state index is 0.00888. The van der Waals surface area contributed by atoms with E-state index in [1.807, 2.05) is 13.8 Å². The Kier molecular flexibility index (Phi) is 5.14. The zero-order valence-electron chi connectivity index (χ0n) is 11.5. The summed E-state index contributed by atoms with van der Waals surface area (Å²) in [7, 11) is 0. The third kappa shape index (κ3) is 5.15. The van der Waals surface area contributed by atoms with Gasteiger partial charge in [-0.2, -0.15) is 0 Å². The number of hydrogen-bond donors (Lipinski definition) is 3. The van der Waals surface area contributed by atoms with Crippen molar-refractivity contribution in [2.75, 3.05) is 6.54 Å². The van der Waals surface area contributed by atoms with Crippen molar-refractivity contribution in [3.05, 3.63) is 0 Å². The van der Waals surface area contributed by atoms with Gasteiger partial charge in [0.2, 0.25) is 5.91 Å². The summed E-state index contributed by atoms with van der Waals surface area (Å²) in [6.45, 7) is 4.89. The van der Waals surface area contributed by atoms with Crippen LogP contribution in [0.25, 0.3) is 0 Å². The minimum Gasteiger partial charge on any atom is -0.480 e. The third-order valence-electron chi connectivity index (χ3n) is 2.72. The molecule has 1 saturated carbocycles. The number of aliphatic carboxylic acids is 1. The van der Waals surface area contributed by atoms with Gasteiger partial charge >= 0.3 is 12.0 Å². The first-order valence-electron chi connectivity index (χ1n) is 6.40. The molecule has 0 radical (unpaired) electrons. The van der Waals surface area contributed by atoms with E-state index in [9.17, 15) is 14.4 Å². The Morgan fingerprint density at radius 3 is 2.21 bits per heavy atom. The molecule has 7 heteroatoms. The molecule has 1 aliphatic carbocycles. The van der Waals surface area contributed by atoms with Crippen molar-refractivity contribution in [1.82, 2.24) is 15.5 Å². The van der Waals surface area contributed by atoms with Gasteiger partial charge in [0.15, 0.2) is 0 Å². The molecule has 0 aliphatic heterocycles. The summed E-state index contributed by atoms with van der Waals surface area (Å²) >= 11 is 0. The zero-order valence-corrected chi connectivity index (χ0v) is 11.5. The topological polar surface area (TPSA) is 98.7 Å². The van der Waals surface area contributed by atoms with Crippen molar-refractivity contribution >= 4 is 17.9 Å². The minimum atomic E-state index is -1.05. The highest BCUT2D eigenvalue weighted by Crippen LogP contribution is 2.26. The third-order valence-corrected chi connectivity index (χ3v) is 2.72. The maximum absolute atomic E-state index is 11.9. The van der Waals surface area contributed by atoms with E-state index >= 15 is 0 Å². The van der Waals surface area contributed by atoms with Crippen molar-refractivity contribution in [3.8, 4) is 0 Å². The second-order valence-electron chi connectivity index (χ2n) is 5.09. The highest BCUT2D eigenvalue weighted by molar-refractivity contribution is 5.88. The first-order chi connectivity index (χ1) is 8.81. The fourth-order valence-electron chi connectivity index (χ4n) is 1.64. The molecule has 0 spiro atoms. The van der Waals surface area contributed by atoms with Crippen molar-refractivity contribution in [3.63, 3.8) is 0 Å². The summed E-state index contributed by atoms with van der Waals surface area (Å²) in [4.78, 5) is 35.6. The van der Waals surface area contributed by atoms with Crippen LogP contribution >= 0.6 is 0 Å². The molecule has 1 atom stereocenters. The first kappa shape index (κ1) is 15.3. The number of carbonyl (C=O) groups excluding carboxylic acids is 2. The smallest absolute Gasteiger partial charge is 0.323 e. The molecule has 0 saturated heterocycles. The summed E-state index contributed by atoms with van der Waals surface area (Å²) in [5, 5.41) is 14.0. The fourth-order valence-corrected chi connectivity index (χ4v) is 1.64. The fraction of sp³-hybridized carbons (Fsp3) is 0.750. The van der Waals surface area contributed by atoms with Gasteiger partial charge in [0.1, 0.15) is 12.6 Å². The van der Waals surface area contributed by atoms with E-state index < -0.39 is 18.0 Å². The Labute approximate surface area is 112 Å². The van der Waals surface area contributed by atoms with Gasteiger partial charge < -0.3 is 20.6 Å². The SMILES string of the molecule is CC(C)NC(=O)C(C)NC(=O)N(CC(=O)O)C1CC1. The molecule has 0 bridgehead atoms. The Hall–Kier alpha value is -1.79. The van der Waals surface area contributed by atoms with Crippen LogP contribution in [0.15, 0.2) is 0 Å². The number of urea groups is 1. The van der Waals surface area contributed by atoms with E-state index in [1.165, 1.54) is 4.90 Å². The molecule has 0 aromatic heterocycles. The number of rotatable bonds is 6. The second kappa shape index (κ2) is 6.40. The van der Waals surface area contributed by atoms with E-state index in [0.29, 0.717) is 0 Å². The van der Waals surface area contributed by atoms with E-state index in [2.05, 4.69) is 10.6 Å². The van der Waals surface area contributed by atoms with Crippen LogP contribution in [0, 0.1) is 0 Å². The van der Waals surface area contributed by atoms with Gasteiger partial charge in [-0.25, -0.2) is 4.79 Å². The lowest BCUT2D eigenvalue weighted by molar-refractivity contribution is -0.137.